The topological polar surface area (TPSA) is 59.8 Å². The van der Waals surface area contributed by atoms with E-state index in [-0.39, 0.29) is 11.7 Å². The van der Waals surface area contributed by atoms with Gasteiger partial charge < -0.3 is 14.4 Å². The molecule has 1 amide bonds. The summed E-state index contributed by atoms with van der Waals surface area (Å²) < 4.78 is 13.9. The van der Waals surface area contributed by atoms with Crippen molar-refractivity contribution < 1.29 is 14.3 Å². The highest BCUT2D eigenvalue weighted by Crippen LogP contribution is 2.48. The van der Waals surface area contributed by atoms with Crippen LogP contribution in [0.3, 0.4) is 0 Å². The molecule has 1 aliphatic carbocycles. The number of likely N-dealkylation sites (N-methyl/N-ethyl adjacent to an activating group) is 2. The van der Waals surface area contributed by atoms with Crippen LogP contribution in [0.5, 0.6) is 0 Å². The predicted octanol–water partition coefficient (Wildman–Crippen LogP) is 4.48. The van der Waals surface area contributed by atoms with Crippen LogP contribution in [-0.2, 0) is 16.0 Å². The fourth-order valence-electron chi connectivity index (χ4n) is 4.92. The average molecular weight is 435 g/mol. The third kappa shape index (κ3) is 6.45. The number of nitrogens with zero attached hydrogens (tertiary/aromatic N) is 4. The Hall–Kier alpha value is -1.60. The van der Waals surface area contributed by atoms with Crippen molar-refractivity contribution >= 4 is 6.09 Å². The number of rotatable bonds is 6. The minimum Gasteiger partial charge on any atom is -0.444 e. The molecule has 2 heterocycles. The van der Waals surface area contributed by atoms with E-state index in [1.807, 2.05) is 27.0 Å². The number of hydrogen-bond acceptors (Lipinski definition) is 5. The van der Waals surface area contributed by atoms with Crippen LogP contribution < -0.4 is 0 Å². The molecule has 0 unspecified atom stereocenters. The second-order valence-corrected chi connectivity index (χ2v) is 11.5. The predicted molar refractivity (Wildman–Crippen MR) is 122 cm³/mol. The van der Waals surface area contributed by atoms with Gasteiger partial charge in [0.15, 0.2) is 0 Å². The first kappa shape index (κ1) is 24.1. The summed E-state index contributed by atoms with van der Waals surface area (Å²) in [7, 11) is 3.88. The second kappa shape index (κ2) is 9.10. The minimum absolute atomic E-state index is 0.0936. The van der Waals surface area contributed by atoms with Crippen LogP contribution in [0, 0.1) is 5.41 Å². The largest absolute Gasteiger partial charge is 0.444 e. The second-order valence-electron chi connectivity index (χ2n) is 11.5. The molecule has 0 radical (unpaired) electrons. The van der Waals surface area contributed by atoms with E-state index in [0.29, 0.717) is 18.0 Å². The Morgan fingerprint density at radius 2 is 1.94 bits per heavy atom. The van der Waals surface area contributed by atoms with Crippen molar-refractivity contribution in [1.82, 2.24) is 19.6 Å². The Balaban J connectivity index is 1.49. The molecule has 1 aromatic heterocycles. The van der Waals surface area contributed by atoms with Crippen LogP contribution in [0.4, 0.5) is 4.79 Å². The van der Waals surface area contributed by atoms with E-state index in [1.165, 1.54) is 12.1 Å². The summed E-state index contributed by atoms with van der Waals surface area (Å²) in [6.07, 6.45) is 7.29. The third-order valence-corrected chi connectivity index (χ3v) is 6.49. The zero-order chi connectivity index (χ0) is 22.9. The van der Waals surface area contributed by atoms with Gasteiger partial charge in [-0.25, -0.2) is 4.79 Å². The molecule has 0 bridgehead atoms. The highest BCUT2D eigenvalue weighted by molar-refractivity contribution is 5.67. The van der Waals surface area contributed by atoms with Gasteiger partial charge in [-0.2, -0.15) is 5.10 Å². The summed E-state index contributed by atoms with van der Waals surface area (Å²) in [4.78, 5) is 16.0. The van der Waals surface area contributed by atoms with E-state index < -0.39 is 5.60 Å². The molecule has 176 valence electrons. The maximum atomic E-state index is 12.2. The van der Waals surface area contributed by atoms with Gasteiger partial charge in [0, 0.05) is 32.9 Å². The molecule has 0 aromatic carbocycles. The van der Waals surface area contributed by atoms with Crippen molar-refractivity contribution in [3.05, 3.63) is 18.0 Å². The van der Waals surface area contributed by atoms with Gasteiger partial charge in [-0.1, -0.05) is 13.8 Å². The van der Waals surface area contributed by atoms with E-state index in [2.05, 4.69) is 41.6 Å². The molecule has 1 aromatic rings. The Labute approximate surface area is 188 Å². The summed E-state index contributed by atoms with van der Waals surface area (Å²) in [5.41, 5.74) is 1.16. The zero-order valence-corrected chi connectivity index (χ0v) is 20.6. The molecule has 1 saturated carbocycles. The average Bonchev–Trinajstić information content (AvgIpc) is 3.23. The van der Waals surface area contributed by atoms with Crippen molar-refractivity contribution in [3.8, 4) is 0 Å². The van der Waals surface area contributed by atoms with Gasteiger partial charge in [-0.15, -0.1) is 0 Å². The molecule has 2 fully saturated rings. The number of carbonyl (C=O) groups is 1. The molecular weight excluding hydrogens is 392 g/mol. The third-order valence-electron chi connectivity index (χ3n) is 6.49. The molecule has 2 aliphatic rings. The highest BCUT2D eigenvalue weighted by atomic mass is 16.6. The van der Waals surface area contributed by atoms with E-state index in [0.717, 1.165) is 45.4 Å². The Bertz CT molecular complexity index is 744. The molecule has 3 rings (SSSR count). The molecular formula is C24H42N4O3. The molecule has 1 saturated heterocycles. The lowest BCUT2D eigenvalue weighted by atomic mass is 9.75. The first-order valence-electron chi connectivity index (χ1n) is 11.7. The number of aromatic nitrogens is 2. The zero-order valence-electron chi connectivity index (χ0n) is 20.6. The molecule has 7 heteroatoms. The molecule has 31 heavy (non-hydrogen) atoms. The van der Waals surface area contributed by atoms with Crippen LogP contribution in [0.25, 0.3) is 0 Å². The van der Waals surface area contributed by atoms with Crippen LogP contribution >= 0.6 is 0 Å². The smallest absolute Gasteiger partial charge is 0.410 e. The normalized spacial score (nSPS) is 25.9. The van der Waals surface area contributed by atoms with Crippen molar-refractivity contribution in [2.24, 2.45) is 5.41 Å². The summed E-state index contributed by atoms with van der Waals surface area (Å²) in [6.45, 7) is 13.4. The SMILES string of the molecule is CN(CCN(C)C(=O)OC(C)(C)C)Cc1ccnn1[C@H]1CC[C@]2(CC1)CC(C)(C)CO2. The standard InChI is InChI=1S/C24H42N4O3/c1-22(2,3)31-21(29)27(7)15-14-26(6)16-20-10-13-25-28(20)19-8-11-24(12-9-19)17-23(4,5)18-30-24/h10,13,19H,8-9,11-12,14-18H2,1-7H3/t19-,24-. The highest BCUT2D eigenvalue weighted by Gasteiger charge is 2.46. The molecule has 1 aliphatic heterocycles. The van der Waals surface area contributed by atoms with Crippen LogP contribution in [0.2, 0.25) is 0 Å². The van der Waals surface area contributed by atoms with Crippen molar-refractivity contribution in [1.29, 1.82) is 0 Å². The fourth-order valence-corrected chi connectivity index (χ4v) is 4.92. The number of hydrogen-bond donors (Lipinski definition) is 0. The monoisotopic (exact) mass is 434 g/mol. The number of carbonyl (C=O) groups excluding carboxylic acids is 1. The molecule has 1 spiro atoms. The van der Waals surface area contributed by atoms with E-state index in [1.54, 1.807) is 11.9 Å². The van der Waals surface area contributed by atoms with Gasteiger partial charge in [0.2, 0.25) is 0 Å². The molecule has 7 nitrogen and oxygen atoms in total. The summed E-state index contributed by atoms with van der Waals surface area (Å²) in [5.74, 6) is 0. The lowest BCUT2D eigenvalue weighted by Gasteiger charge is -2.37. The lowest BCUT2D eigenvalue weighted by molar-refractivity contribution is -0.0354. The Morgan fingerprint density at radius 1 is 1.26 bits per heavy atom. The van der Waals surface area contributed by atoms with Gasteiger partial charge in [0.1, 0.15) is 5.60 Å². The number of ether oxygens (including phenoxy) is 2. The van der Waals surface area contributed by atoms with E-state index in [4.69, 9.17) is 9.47 Å². The maximum Gasteiger partial charge on any atom is 0.410 e. The van der Waals surface area contributed by atoms with Crippen molar-refractivity contribution in [2.45, 2.75) is 90.5 Å². The Morgan fingerprint density at radius 3 is 2.52 bits per heavy atom. The number of amides is 1. The fraction of sp³-hybridized carbons (Fsp3) is 0.833. The van der Waals surface area contributed by atoms with Crippen LogP contribution in [-0.4, -0.2) is 70.7 Å². The summed E-state index contributed by atoms with van der Waals surface area (Å²) in [6, 6.07) is 2.56. The maximum absolute atomic E-state index is 12.2. The first-order chi connectivity index (χ1) is 14.4. The first-order valence-corrected chi connectivity index (χ1v) is 11.7. The van der Waals surface area contributed by atoms with Gasteiger partial charge >= 0.3 is 6.09 Å². The minimum atomic E-state index is -0.471. The van der Waals surface area contributed by atoms with E-state index in [9.17, 15) is 4.79 Å². The Kier molecular flexibility index (Phi) is 7.06. The quantitative estimate of drug-likeness (QED) is 0.661. The van der Waals surface area contributed by atoms with Crippen molar-refractivity contribution in [2.75, 3.05) is 33.8 Å². The summed E-state index contributed by atoms with van der Waals surface area (Å²) in [5, 5.41) is 4.66. The summed E-state index contributed by atoms with van der Waals surface area (Å²) >= 11 is 0. The molecule has 0 atom stereocenters. The molecule has 0 N–H and O–H groups in total. The van der Waals surface area contributed by atoms with Gasteiger partial charge in [-0.3, -0.25) is 9.58 Å². The lowest BCUT2D eigenvalue weighted by Crippen LogP contribution is -2.38. The van der Waals surface area contributed by atoms with Crippen LogP contribution in [0.15, 0.2) is 12.3 Å². The van der Waals surface area contributed by atoms with Gasteiger partial charge in [-0.05, 0) is 71.4 Å². The van der Waals surface area contributed by atoms with Gasteiger partial charge in [0.05, 0.1) is 23.9 Å². The van der Waals surface area contributed by atoms with Crippen LogP contribution in [0.1, 0.15) is 78.5 Å². The van der Waals surface area contributed by atoms with Gasteiger partial charge in [0.25, 0.3) is 0 Å². The van der Waals surface area contributed by atoms with Crippen molar-refractivity contribution in [3.63, 3.8) is 0 Å². The van der Waals surface area contributed by atoms with E-state index >= 15 is 0 Å².